The molecule has 5 aromatic rings. The highest BCUT2D eigenvalue weighted by Crippen LogP contribution is 2.29. The van der Waals surface area contributed by atoms with Crippen LogP contribution in [0, 0.1) is 5.92 Å². The maximum absolute atomic E-state index is 13.5. The average molecular weight is 483 g/mol. The molecule has 0 bridgehead atoms. The number of nitrogens with zero attached hydrogens (tertiary/aromatic N) is 7. The van der Waals surface area contributed by atoms with Gasteiger partial charge in [0.1, 0.15) is 5.82 Å². The van der Waals surface area contributed by atoms with Crippen LogP contribution < -0.4 is 5.69 Å². The number of rotatable bonds is 9. The van der Waals surface area contributed by atoms with Crippen molar-refractivity contribution >= 4 is 0 Å². The van der Waals surface area contributed by atoms with Gasteiger partial charge in [-0.3, -0.25) is 14.1 Å². The van der Waals surface area contributed by atoms with Crippen molar-refractivity contribution in [2.75, 3.05) is 0 Å². The Morgan fingerprint density at radius 2 is 1.86 bits per heavy atom. The first kappa shape index (κ1) is 23.5. The van der Waals surface area contributed by atoms with Gasteiger partial charge in [0, 0.05) is 42.0 Å². The van der Waals surface area contributed by atoms with Gasteiger partial charge in [-0.2, -0.15) is 5.21 Å². The molecule has 0 aliphatic heterocycles. The fourth-order valence-electron chi connectivity index (χ4n) is 4.53. The zero-order chi connectivity index (χ0) is 25.1. The highest BCUT2D eigenvalue weighted by atomic mass is 16.1. The summed E-state index contributed by atoms with van der Waals surface area (Å²) in [6.07, 6.45) is 7.63. The van der Waals surface area contributed by atoms with Crippen LogP contribution in [0.1, 0.15) is 38.6 Å². The molecule has 9 heteroatoms. The molecule has 0 radical (unpaired) electrons. The topological polar surface area (TPSA) is 99.2 Å². The van der Waals surface area contributed by atoms with Crippen LogP contribution in [0.5, 0.6) is 0 Å². The molecule has 0 spiro atoms. The summed E-state index contributed by atoms with van der Waals surface area (Å²) in [5.41, 5.74) is 4.58. The number of pyridine rings is 1. The van der Waals surface area contributed by atoms with E-state index in [1.165, 1.54) is 0 Å². The van der Waals surface area contributed by atoms with E-state index in [0.29, 0.717) is 18.3 Å². The molecule has 1 aromatic carbocycles. The predicted octanol–water partition coefficient (Wildman–Crippen LogP) is 4.34. The Balaban J connectivity index is 1.46. The minimum Gasteiger partial charge on any atom is -0.334 e. The number of imidazole rings is 1. The van der Waals surface area contributed by atoms with Crippen LogP contribution in [0.3, 0.4) is 0 Å². The Bertz CT molecular complexity index is 1490. The fraction of sp³-hybridized carbons (Fsp3) is 0.296. The van der Waals surface area contributed by atoms with Crippen molar-refractivity contribution in [3.8, 4) is 28.3 Å². The molecule has 0 saturated heterocycles. The summed E-state index contributed by atoms with van der Waals surface area (Å²) in [4.78, 5) is 18.2. The maximum Gasteiger partial charge on any atom is 0.334 e. The third-order valence-electron chi connectivity index (χ3n) is 6.15. The first-order valence-electron chi connectivity index (χ1n) is 12.3. The molecule has 9 nitrogen and oxygen atoms in total. The second-order valence-electron chi connectivity index (χ2n) is 9.34. The molecule has 4 aromatic heterocycles. The summed E-state index contributed by atoms with van der Waals surface area (Å²) >= 11 is 0. The van der Waals surface area contributed by atoms with E-state index in [0.717, 1.165) is 53.3 Å². The Morgan fingerprint density at radius 1 is 1.03 bits per heavy atom. The number of H-pyrrole nitrogens is 1. The van der Waals surface area contributed by atoms with Gasteiger partial charge in [0.2, 0.25) is 5.82 Å². The molecule has 5 rings (SSSR count). The van der Waals surface area contributed by atoms with Gasteiger partial charge in [-0.15, -0.1) is 10.2 Å². The minimum atomic E-state index is -0.0458. The van der Waals surface area contributed by atoms with Crippen LogP contribution in [0.2, 0.25) is 0 Å². The van der Waals surface area contributed by atoms with E-state index in [4.69, 9.17) is 4.98 Å². The van der Waals surface area contributed by atoms with Crippen molar-refractivity contribution in [1.82, 2.24) is 39.3 Å². The lowest BCUT2D eigenvalue weighted by Gasteiger charge is -2.11. The monoisotopic (exact) mass is 482 g/mol. The summed E-state index contributed by atoms with van der Waals surface area (Å²) in [6.45, 7) is 7.75. The highest BCUT2D eigenvalue weighted by Gasteiger charge is 2.16. The van der Waals surface area contributed by atoms with Gasteiger partial charge in [0.25, 0.3) is 0 Å². The quantitative estimate of drug-likeness (QED) is 0.337. The van der Waals surface area contributed by atoms with Crippen molar-refractivity contribution in [1.29, 1.82) is 0 Å². The SMILES string of the molecule is CCCc1cn(-c2cccn2CC(C)C)c(=O)n1Cc1ccc(-c2ccccc2-c2nn[nH]n2)cn1. The van der Waals surface area contributed by atoms with Gasteiger partial charge >= 0.3 is 5.69 Å². The zero-order valence-electron chi connectivity index (χ0n) is 20.8. The van der Waals surface area contributed by atoms with Gasteiger partial charge in [-0.25, -0.2) is 4.79 Å². The van der Waals surface area contributed by atoms with E-state index in [1.54, 1.807) is 4.57 Å². The third-order valence-corrected chi connectivity index (χ3v) is 6.15. The number of aromatic nitrogens is 8. The summed E-state index contributed by atoms with van der Waals surface area (Å²) < 4.78 is 5.74. The number of tetrazole rings is 1. The number of aromatic amines is 1. The average Bonchev–Trinajstić information content (AvgIpc) is 3.63. The maximum atomic E-state index is 13.5. The molecular formula is C27H30N8O. The van der Waals surface area contributed by atoms with Crippen LogP contribution in [0.15, 0.2) is 71.9 Å². The Kier molecular flexibility index (Phi) is 6.62. The molecule has 0 unspecified atom stereocenters. The lowest BCUT2D eigenvalue weighted by Crippen LogP contribution is -2.26. The number of benzene rings is 1. The van der Waals surface area contributed by atoms with E-state index in [9.17, 15) is 4.79 Å². The predicted molar refractivity (Wildman–Crippen MR) is 139 cm³/mol. The number of aryl methyl sites for hydroxylation is 1. The van der Waals surface area contributed by atoms with Crippen molar-refractivity contribution < 1.29 is 0 Å². The van der Waals surface area contributed by atoms with Crippen LogP contribution >= 0.6 is 0 Å². The minimum absolute atomic E-state index is 0.0458. The van der Waals surface area contributed by atoms with E-state index in [-0.39, 0.29) is 5.69 Å². The first-order chi connectivity index (χ1) is 17.5. The molecule has 36 heavy (non-hydrogen) atoms. The third kappa shape index (κ3) is 4.64. The van der Waals surface area contributed by atoms with Crippen LogP contribution in [0.4, 0.5) is 0 Å². The molecule has 184 valence electrons. The molecule has 0 saturated carbocycles. The summed E-state index contributed by atoms with van der Waals surface area (Å²) in [7, 11) is 0. The van der Waals surface area contributed by atoms with Crippen molar-refractivity contribution in [3.05, 3.63) is 89.0 Å². The largest absolute Gasteiger partial charge is 0.334 e. The lowest BCUT2D eigenvalue weighted by molar-refractivity contribution is 0.516. The van der Waals surface area contributed by atoms with Crippen molar-refractivity contribution in [2.24, 2.45) is 5.92 Å². The number of hydrogen-bond acceptors (Lipinski definition) is 5. The van der Waals surface area contributed by atoms with Gasteiger partial charge in [-0.1, -0.05) is 57.5 Å². The van der Waals surface area contributed by atoms with Gasteiger partial charge in [0.05, 0.1) is 12.2 Å². The lowest BCUT2D eigenvalue weighted by atomic mass is 10.0. The standard InChI is InChI=1S/C27H30N8O/c1-4-8-22-18-35(25-11-7-14-33(25)16-19(2)3)27(36)34(22)17-21-13-12-20(15-28-21)23-9-5-6-10-24(23)26-29-31-32-30-26/h5-7,9-15,18-19H,4,8,16-17H2,1-3H3,(H,29,30,31,32). The van der Waals surface area contributed by atoms with Gasteiger partial charge < -0.3 is 4.57 Å². The molecule has 1 N–H and O–H groups in total. The first-order valence-corrected chi connectivity index (χ1v) is 12.3. The summed E-state index contributed by atoms with van der Waals surface area (Å²) in [6, 6.07) is 15.9. The highest BCUT2D eigenvalue weighted by molar-refractivity contribution is 5.79. The second-order valence-corrected chi connectivity index (χ2v) is 9.34. The van der Waals surface area contributed by atoms with E-state index >= 15 is 0 Å². The van der Waals surface area contributed by atoms with E-state index in [2.05, 4.69) is 46.0 Å². The van der Waals surface area contributed by atoms with Crippen LogP contribution in [0.25, 0.3) is 28.3 Å². The molecule has 0 amide bonds. The molecule has 4 heterocycles. The molecule has 0 fully saturated rings. The second kappa shape index (κ2) is 10.2. The smallest absolute Gasteiger partial charge is 0.334 e. The summed E-state index contributed by atoms with van der Waals surface area (Å²) in [5, 5.41) is 14.4. The van der Waals surface area contributed by atoms with Gasteiger partial charge in [0.15, 0.2) is 0 Å². The Labute approximate surface area is 209 Å². The van der Waals surface area contributed by atoms with Crippen LogP contribution in [-0.2, 0) is 19.5 Å². The van der Waals surface area contributed by atoms with E-state index < -0.39 is 0 Å². The van der Waals surface area contributed by atoms with Crippen molar-refractivity contribution in [2.45, 2.75) is 46.7 Å². The number of nitrogens with one attached hydrogen (secondary N) is 1. The molecule has 0 aliphatic carbocycles. The molecular weight excluding hydrogens is 452 g/mol. The Morgan fingerprint density at radius 3 is 2.56 bits per heavy atom. The fourth-order valence-corrected chi connectivity index (χ4v) is 4.53. The van der Waals surface area contributed by atoms with Gasteiger partial charge in [-0.05, 0) is 41.3 Å². The molecule has 0 atom stereocenters. The molecule has 0 aliphatic rings. The normalized spacial score (nSPS) is 11.4. The summed E-state index contributed by atoms with van der Waals surface area (Å²) in [5.74, 6) is 1.91. The zero-order valence-corrected chi connectivity index (χ0v) is 20.8. The van der Waals surface area contributed by atoms with Crippen molar-refractivity contribution in [3.63, 3.8) is 0 Å². The van der Waals surface area contributed by atoms with E-state index in [1.807, 2.05) is 71.7 Å². The Hall–Kier alpha value is -4.27. The van der Waals surface area contributed by atoms with Crippen LogP contribution in [-0.4, -0.2) is 39.3 Å². The number of hydrogen-bond donors (Lipinski definition) is 1.